The zero-order valence-electron chi connectivity index (χ0n) is 19.7. The largest absolute Gasteiger partial charge is 0.355 e. The van der Waals surface area contributed by atoms with Crippen molar-refractivity contribution in [2.45, 2.75) is 31.4 Å². The van der Waals surface area contributed by atoms with Crippen LogP contribution in [0.2, 0.25) is 0 Å². The van der Waals surface area contributed by atoms with Crippen molar-refractivity contribution in [3.05, 3.63) is 108 Å². The molecule has 0 saturated heterocycles. The fourth-order valence-corrected chi connectivity index (χ4v) is 4.93. The van der Waals surface area contributed by atoms with E-state index >= 15 is 0 Å². The van der Waals surface area contributed by atoms with Crippen molar-refractivity contribution in [2.75, 3.05) is 5.32 Å². The summed E-state index contributed by atoms with van der Waals surface area (Å²) < 4.78 is 0. The van der Waals surface area contributed by atoms with Crippen LogP contribution in [0.25, 0.3) is 22.3 Å². The van der Waals surface area contributed by atoms with Crippen LogP contribution in [0.3, 0.4) is 0 Å². The normalized spacial score (nSPS) is 14.0. The zero-order valence-corrected chi connectivity index (χ0v) is 19.7. The first kappa shape index (κ1) is 20.7. The molecule has 0 heterocycles. The molecule has 0 spiro atoms. The van der Waals surface area contributed by atoms with Gasteiger partial charge in [0.2, 0.25) is 0 Å². The summed E-state index contributed by atoms with van der Waals surface area (Å²) in [6.45, 7) is 6.91. The zero-order chi connectivity index (χ0) is 22.5. The first-order valence-electron chi connectivity index (χ1n) is 11.5. The van der Waals surface area contributed by atoms with Crippen molar-refractivity contribution in [3.8, 4) is 22.3 Å². The summed E-state index contributed by atoms with van der Waals surface area (Å²) in [4.78, 5) is 0. The van der Waals surface area contributed by atoms with Crippen LogP contribution in [0, 0.1) is 0 Å². The molecule has 1 nitrogen and oxygen atoms in total. The monoisotopic (exact) mass is 413 g/mol. The van der Waals surface area contributed by atoms with E-state index in [1.807, 2.05) is 0 Å². The van der Waals surface area contributed by atoms with Crippen LogP contribution in [-0.2, 0) is 10.6 Å². The lowest BCUT2D eigenvalue weighted by atomic mass is 9.52. The minimum Gasteiger partial charge on any atom is -0.355 e. The number of nitrogens with one attached hydrogen (secondary N) is 1. The van der Waals surface area contributed by atoms with Gasteiger partial charge in [-0.25, -0.2) is 0 Å². The van der Waals surface area contributed by atoms with Crippen LogP contribution in [0.4, 0.5) is 11.4 Å². The molecule has 0 aliphatic heterocycles. The van der Waals surface area contributed by atoms with Gasteiger partial charge in [0.25, 0.3) is 0 Å². The van der Waals surface area contributed by atoms with Crippen LogP contribution in [0.15, 0.2) is 91.0 Å². The summed E-state index contributed by atoms with van der Waals surface area (Å²) >= 11 is 0. The van der Waals surface area contributed by atoms with Gasteiger partial charge < -0.3 is 5.32 Å². The summed E-state index contributed by atoms with van der Waals surface area (Å²) in [5.41, 5.74) is 11.6. The van der Waals surface area contributed by atoms with Crippen molar-refractivity contribution in [1.29, 1.82) is 0 Å². The highest BCUT2D eigenvalue weighted by Crippen LogP contribution is 2.49. The SMILES string of the molecule is BC(B)(C)c1ccc(-c2ccccc2Nc2ccc3c(c2)C(C)(C)c2ccccc2-3)cc1. The molecule has 0 fully saturated rings. The molecule has 5 rings (SSSR count). The number of fused-ring (bicyclic) bond motifs is 3. The molecule has 0 atom stereocenters. The summed E-state index contributed by atoms with van der Waals surface area (Å²) in [5, 5.41) is 3.87. The number of anilines is 2. The molecule has 1 aliphatic rings. The average Bonchev–Trinajstić information content (AvgIpc) is 3.01. The third-order valence-corrected chi connectivity index (χ3v) is 6.85. The molecular formula is C29H29B2N. The highest BCUT2D eigenvalue weighted by atomic mass is 14.9. The van der Waals surface area contributed by atoms with Crippen molar-refractivity contribution >= 4 is 27.1 Å². The summed E-state index contributed by atoms with van der Waals surface area (Å²) in [6.07, 6.45) is 0. The maximum absolute atomic E-state index is 3.71. The van der Waals surface area contributed by atoms with Gasteiger partial charge >= 0.3 is 0 Å². The second-order valence-corrected chi connectivity index (χ2v) is 10.4. The number of para-hydroxylation sites is 1. The minimum absolute atomic E-state index is 0.00587. The van der Waals surface area contributed by atoms with Crippen LogP contribution in [-0.4, -0.2) is 15.7 Å². The molecule has 1 N–H and O–H groups in total. The first-order chi connectivity index (χ1) is 15.2. The van der Waals surface area contributed by atoms with E-state index in [9.17, 15) is 0 Å². The Balaban J connectivity index is 1.50. The predicted molar refractivity (Wildman–Crippen MR) is 144 cm³/mol. The van der Waals surface area contributed by atoms with E-state index in [1.165, 1.54) is 38.9 Å². The van der Waals surface area contributed by atoms with Crippen LogP contribution >= 0.6 is 0 Å². The highest BCUT2D eigenvalue weighted by molar-refractivity contribution is 6.39. The molecule has 4 aromatic carbocycles. The van der Waals surface area contributed by atoms with E-state index < -0.39 is 0 Å². The summed E-state index contributed by atoms with van der Waals surface area (Å²) in [7, 11) is 4.51. The van der Waals surface area contributed by atoms with Crippen LogP contribution in [0.1, 0.15) is 37.5 Å². The number of benzene rings is 4. The molecule has 0 unspecified atom stereocenters. The van der Waals surface area contributed by atoms with Crippen LogP contribution in [0.5, 0.6) is 0 Å². The molecule has 1 aliphatic carbocycles. The van der Waals surface area contributed by atoms with Crippen LogP contribution < -0.4 is 5.32 Å². The maximum atomic E-state index is 3.71. The molecule has 0 saturated carbocycles. The summed E-state index contributed by atoms with van der Waals surface area (Å²) in [6, 6.07) is 33.1. The first-order valence-corrected chi connectivity index (χ1v) is 11.5. The number of hydrogen-bond acceptors (Lipinski definition) is 1. The van der Waals surface area contributed by atoms with Gasteiger partial charge in [-0.1, -0.05) is 104 Å². The van der Waals surface area contributed by atoms with Gasteiger partial charge in [0.15, 0.2) is 0 Å². The number of hydrogen-bond donors (Lipinski definition) is 1. The molecule has 156 valence electrons. The van der Waals surface area contributed by atoms with Crippen molar-refractivity contribution < 1.29 is 0 Å². The standard InChI is InChI=1S/C29H29B2N/c1-28(2)25-10-6-4-9-23(25)24-17-16-21(18-26(24)28)32-27-11-7-5-8-22(27)19-12-14-20(15-13-19)29(3,30)31/h4-18,32H,30-31H2,1-3H3. The molecule has 4 aromatic rings. The Bertz CT molecular complexity index is 1300. The van der Waals surface area contributed by atoms with E-state index in [-0.39, 0.29) is 10.6 Å². The van der Waals surface area contributed by atoms with Gasteiger partial charge in [-0.2, -0.15) is 0 Å². The van der Waals surface area contributed by atoms with Gasteiger partial charge in [0.05, 0.1) is 0 Å². The lowest BCUT2D eigenvalue weighted by Crippen LogP contribution is -2.21. The van der Waals surface area contributed by atoms with Gasteiger partial charge in [0.1, 0.15) is 15.7 Å². The second-order valence-electron chi connectivity index (χ2n) is 10.4. The van der Waals surface area contributed by atoms with Gasteiger partial charge in [-0.3, -0.25) is 0 Å². The second kappa shape index (κ2) is 7.45. The maximum Gasteiger partial charge on any atom is 0.104 e. The van der Waals surface area contributed by atoms with E-state index in [0.29, 0.717) is 0 Å². The lowest BCUT2D eigenvalue weighted by molar-refractivity contribution is 0.660. The van der Waals surface area contributed by atoms with Crippen molar-refractivity contribution in [3.63, 3.8) is 0 Å². The van der Waals surface area contributed by atoms with E-state index in [1.54, 1.807) is 0 Å². The Labute approximate surface area is 193 Å². The predicted octanol–water partition coefficient (Wildman–Crippen LogP) is 5.84. The fourth-order valence-electron chi connectivity index (χ4n) is 4.93. The van der Waals surface area contributed by atoms with Gasteiger partial charge in [-0.15, -0.1) is 0 Å². The molecule has 32 heavy (non-hydrogen) atoms. The third-order valence-electron chi connectivity index (χ3n) is 6.85. The summed E-state index contributed by atoms with van der Waals surface area (Å²) in [5.74, 6) is 0. The quantitative estimate of drug-likeness (QED) is 0.415. The fraction of sp³-hybridized carbons (Fsp3) is 0.172. The Morgan fingerprint density at radius 3 is 2.03 bits per heavy atom. The number of rotatable bonds is 4. The van der Waals surface area contributed by atoms with Gasteiger partial charge in [0, 0.05) is 22.4 Å². The molecule has 0 aromatic heterocycles. The Morgan fingerprint density at radius 1 is 0.688 bits per heavy atom. The Hall–Kier alpha value is -3.19. The minimum atomic E-state index is 0.00587. The van der Waals surface area contributed by atoms with E-state index in [0.717, 1.165) is 11.4 Å². The van der Waals surface area contributed by atoms with E-state index in [2.05, 4.69) is 133 Å². The average molecular weight is 413 g/mol. The van der Waals surface area contributed by atoms with E-state index in [4.69, 9.17) is 0 Å². The van der Waals surface area contributed by atoms with Gasteiger partial charge in [-0.05, 0) is 46.0 Å². The molecule has 3 heteroatoms. The Morgan fingerprint density at radius 2 is 1.31 bits per heavy atom. The molecular weight excluding hydrogens is 384 g/mol. The Kier molecular flexibility index (Phi) is 4.82. The van der Waals surface area contributed by atoms with Crippen molar-refractivity contribution in [1.82, 2.24) is 0 Å². The molecule has 0 radical (unpaired) electrons. The topological polar surface area (TPSA) is 12.0 Å². The smallest absolute Gasteiger partial charge is 0.104 e. The lowest BCUT2D eigenvalue weighted by Gasteiger charge is -2.22. The molecule has 0 bridgehead atoms. The molecule has 0 amide bonds. The van der Waals surface area contributed by atoms with Crippen molar-refractivity contribution in [2.24, 2.45) is 0 Å². The third kappa shape index (κ3) is 3.46. The highest BCUT2D eigenvalue weighted by Gasteiger charge is 2.35.